The van der Waals surface area contributed by atoms with Crippen LogP contribution in [-0.4, -0.2) is 62.1 Å². The molecular weight excluding hydrogens is 366 g/mol. The van der Waals surface area contributed by atoms with Crippen molar-refractivity contribution in [3.05, 3.63) is 0 Å². The first-order valence-corrected chi connectivity index (χ1v) is 9.80. The van der Waals surface area contributed by atoms with Crippen molar-refractivity contribution in [1.82, 2.24) is 4.90 Å². The Hall–Kier alpha value is -2.12. The molecule has 0 spiro atoms. The number of aliphatic carboxylic acids is 1. The Kier molecular flexibility index (Phi) is 9.96. The van der Waals surface area contributed by atoms with Gasteiger partial charge in [0.15, 0.2) is 0 Å². The summed E-state index contributed by atoms with van der Waals surface area (Å²) in [6.45, 7) is 0. The predicted molar refractivity (Wildman–Crippen MR) is 101 cm³/mol. The van der Waals surface area contributed by atoms with E-state index in [2.05, 4.69) is 4.74 Å². The lowest BCUT2D eigenvalue weighted by Crippen LogP contribution is -2.33. The quantitative estimate of drug-likeness (QED) is 0.721. The lowest BCUT2D eigenvalue weighted by molar-refractivity contribution is -0.150. The van der Waals surface area contributed by atoms with Crippen LogP contribution >= 0.6 is 0 Å². The van der Waals surface area contributed by atoms with Crippen LogP contribution in [0.3, 0.4) is 0 Å². The predicted octanol–water partition coefficient (Wildman–Crippen LogP) is 2.10. The van der Waals surface area contributed by atoms with Crippen molar-refractivity contribution in [2.24, 2.45) is 23.7 Å². The van der Waals surface area contributed by atoms with E-state index in [0.29, 0.717) is 25.7 Å². The van der Waals surface area contributed by atoms with Crippen molar-refractivity contribution >= 4 is 23.8 Å². The molecule has 0 aromatic carbocycles. The summed E-state index contributed by atoms with van der Waals surface area (Å²) < 4.78 is 9.30. The fraction of sp³-hybridized carbons (Fsp3) is 0.800. The number of hydrogen-bond acceptors (Lipinski definition) is 6. The second kappa shape index (κ2) is 11.7. The van der Waals surface area contributed by atoms with Gasteiger partial charge in [0.25, 0.3) is 0 Å². The van der Waals surface area contributed by atoms with Crippen molar-refractivity contribution in [3.63, 3.8) is 0 Å². The highest BCUT2D eigenvalue weighted by molar-refractivity contribution is 5.79. The molecule has 0 aromatic rings. The number of carboxylic acids is 1. The van der Waals surface area contributed by atoms with Crippen LogP contribution in [0.15, 0.2) is 0 Å². The zero-order chi connectivity index (χ0) is 21.3. The number of carboxylic acid groups (broad SMARTS) is 1. The maximum absolute atomic E-state index is 11.7. The molecule has 1 N–H and O–H groups in total. The number of esters is 2. The molecule has 8 nitrogen and oxygen atoms in total. The third-order valence-electron chi connectivity index (χ3n) is 5.66. The first kappa shape index (κ1) is 23.9. The SMILES string of the molecule is COC(=O)C1CCC(C(=O)N(C)C)CC1.COC(=O)C1CCC(C(=O)O)CC1. The van der Waals surface area contributed by atoms with Crippen LogP contribution in [-0.2, 0) is 28.7 Å². The Balaban J connectivity index is 0.000000283. The van der Waals surface area contributed by atoms with Gasteiger partial charge in [-0.05, 0) is 51.4 Å². The molecule has 8 heteroatoms. The molecule has 0 radical (unpaired) electrons. The maximum atomic E-state index is 11.7. The van der Waals surface area contributed by atoms with E-state index >= 15 is 0 Å². The van der Waals surface area contributed by atoms with Gasteiger partial charge in [-0.15, -0.1) is 0 Å². The smallest absolute Gasteiger partial charge is 0.308 e. The van der Waals surface area contributed by atoms with Crippen LogP contribution in [0.25, 0.3) is 0 Å². The van der Waals surface area contributed by atoms with Crippen LogP contribution in [0.2, 0.25) is 0 Å². The molecule has 0 aliphatic heterocycles. The molecule has 28 heavy (non-hydrogen) atoms. The van der Waals surface area contributed by atoms with Gasteiger partial charge in [-0.25, -0.2) is 0 Å². The summed E-state index contributed by atoms with van der Waals surface area (Å²) in [6, 6.07) is 0. The number of rotatable bonds is 4. The summed E-state index contributed by atoms with van der Waals surface area (Å²) in [5.41, 5.74) is 0. The first-order valence-electron chi connectivity index (χ1n) is 9.80. The fourth-order valence-electron chi connectivity index (χ4n) is 3.85. The number of amides is 1. The molecule has 2 aliphatic rings. The van der Waals surface area contributed by atoms with Gasteiger partial charge in [-0.2, -0.15) is 0 Å². The monoisotopic (exact) mass is 399 g/mol. The topological polar surface area (TPSA) is 110 Å². The van der Waals surface area contributed by atoms with Crippen LogP contribution in [0, 0.1) is 23.7 Å². The number of carbonyl (C=O) groups is 4. The minimum Gasteiger partial charge on any atom is -0.481 e. The third-order valence-corrected chi connectivity index (χ3v) is 5.66. The van der Waals surface area contributed by atoms with E-state index < -0.39 is 5.97 Å². The maximum Gasteiger partial charge on any atom is 0.308 e. The zero-order valence-electron chi connectivity index (χ0n) is 17.3. The van der Waals surface area contributed by atoms with Gasteiger partial charge >= 0.3 is 17.9 Å². The zero-order valence-corrected chi connectivity index (χ0v) is 17.3. The average molecular weight is 399 g/mol. The molecule has 2 saturated carbocycles. The van der Waals surface area contributed by atoms with Gasteiger partial charge in [0.05, 0.1) is 32.0 Å². The Morgan fingerprint density at radius 3 is 1.29 bits per heavy atom. The van der Waals surface area contributed by atoms with E-state index in [1.54, 1.807) is 19.0 Å². The molecule has 2 fully saturated rings. The van der Waals surface area contributed by atoms with E-state index in [0.717, 1.165) is 25.7 Å². The van der Waals surface area contributed by atoms with E-state index in [-0.39, 0.29) is 41.5 Å². The second-order valence-electron chi connectivity index (χ2n) is 7.71. The Labute approximate surface area is 166 Å². The van der Waals surface area contributed by atoms with Gasteiger partial charge in [0.2, 0.25) is 5.91 Å². The fourth-order valence-corrected chi connectivity index (χ4v) is 3.85. The van der Waals surface area contributed by atoms with Crippen LogP contribution in [0.4, 0.5) is 0 Å². The van der Waals surface area contributed by atoms with E-state index in [1.807, 2.05) is 0 Å². The van der Waals surface area contributed by atoms with Gasteiger partial charge in [0, 0.05) is 20.0 Å². The highest BCUT2D eigenvalue weighted by Crippen LogP contribution is 2.30. The molecule has 2 aliphatic carbocycles. The van der Waals surface area contributed by atoms with Crippen molar-refractivity contribution in [1.29, 1.82) is 0 Å². The van der Waals surface area contributed by atoms with Gasteiger partial charge in [-0.1, -0.05) is 0 Å². The van der Waals surface area contributed by atoms with Crippen molar-refractivity contribution in [2.45, 2.75) is 51.4 Å². The molecule has 0 atom stereocenters. The van der Waals surface area contributed by atoms with Crippen molar-refractivity contribution < 1.29 is 33.8 Å². The number of ether oxygens (including phenoxy) is 2. The third kappa shape index (κ3) is 7.13. The molecule has 0 unspecified atom stereocenters. The Morgan fingerprint density at radius 2 is 1.00 bits per heavy atom. The molecule has 1 amide bonds. The minimum absolute atomic E-state index is 0.00112. The summed E-state index contributed by atoms with van der Waals surface area (Å²) in [7, 11) is 6.33. The van der Waals surface area contributed by atoms with Gasteiger partial charge in [0.1, 0.15) is 0 Å². The second-order valence-corrected chi connectivity index (χ2v) is 7.71. The summed E-state index contributed by atoms with van der Waals surface area (Å²) in [6.07, 6.45) is 5.62. The summed E-state index contributed by atoms with van der Waals surface area (Å²) in [4.78, 5) is 46.2. The van der Waals surface area contributed by atoms with Crippen LogP contribution < -0.4 is 0 Å². The Morgan fingerprint density at radius 1 is 0.679 bits per heavy atom. The van der Waals surface area contributed by atoms with Crippen molar-refractivity contribution in [2.75, 3.05) is 28.3 Å². The van der Waals surface area contributed by atoms with Crippen LogP contribution in [0.5, 0.6) is 0 Å². The number of methoxy groups -OCH3 is 2. The molecule has 2 rings (SSSR count). The first-order chi connectivity index (χ1) is 13.2. The molecule has 0 aromatic heterocycles. The standard InChI is InChI=1S/C11H19NO3.C9H14O4/c1-12(2)10(13)8-4-6-9(7-5-8)11(14)15-3;1-13-9(12)7-4-2-6(3-5-7)8(10)11/h8-9H,4-7H2,1-3H3;6-7H,2-5H2,1H3,(H,10,11). The molecular formula is C20H33NO7. The van der Waals surface area contributed by atoms with Crippen molar-refractivity contribution in [3.8, 4) is 0 Å². The molecule has 0 bridgehead atoms. The van der Waals surface area contributed by atoms with E-state index in [4.69, 9.17) is 9.84 Å². The molecule has 0 saturated heterocycles. The summed E-state index contributed by atoms with van der Waals surface area (Å²) in [5, 5.41) is 8.70. The highest BCUT2D eigenvalue weighted by atomic mass is 16.5. The number of nitrogens with zero attached hydrogens (tertiary/aromatic N) is 1. The lowest BCUT2D eigenvalue weighted by Gasteiger charge is -2.27. The lowest BCUT2D eigenvalue weighted by atomic mass is 9.81. The van der Waals surface area contributed by atoms with E-state index in [9.17, 15) is 19.2 Å². The highest BCUT2D eigenvalue weighted by Gasteiger charge is 2.31. The number of carbonyl (C=O) groups excluding carboxylic acids is 3. The molecule has 160 valence electrons. The van der Waals surface area contributed by atoms with Gasteiger partial charge in [-0.3, -0.25) is 19.2 Å². The molecule has 0 heterocycles. The minimum atomic E-state index is -0.747. The van der Waals surface area contributed by atoms with E-state index in [1.165, 1.54) is 14.2 Å². The van der Waals surface area contributed by atoms with Crippen LogP contribution in [0.1, 0.15) is 51.4 Å². The summed E-state index contributed by atoms with van der Waals surface area (Å²) >= 11 is 0. The summed E-state index contributed by atoms with van der Waals surface area (Å²) in [5.74, 6) is -1.15. The normalized spacial score (nSPS) is 26.9. The average Bonchev–Trinajstić information content (AvgIpc) is 2.72. The number of hydrogen-bond donors (Lipinski definition) is 1. The van der Waals surface area contributed by atoms with Gasteiger partial charge < -0.3 is 19.5 Å². The largest absolute Gasteiger partial charge is 0.481 e. The Bertz CT molecular complexity index is 545.